The van der Waals surface area contributed by atoms with Crippen molar-refractivity contribution in [2.75, 3.05) is 19.6 Å². The number of benzene rings is 1. The van der Waals surface area contributed by atoms with E-state index in [0.717, 1.165) is 18.1 Å². The zero-order valence-electron chi connectivity index (χ0n) is 14.9. The van der Waals surface area contributed by atoms with E-state index >= 15 is 0 Å². The standard InChI is InChI=1S/C18H30N4O/c1-6-19-18(22-15(5)13(2)3)21-11-10-20-17(23)16-9-7-8-14(4)12-16/h7-9,12-13,15H,6,10-11H2,1-5H3,(H,20,23)(H2,19,21,22). The van der Waals surface area contributed by atoms with Gasteiger partial charge in [0.2, 0.25) is 0 Å². The highest BCUT2D eigenvalue weighted by molar-refractivity contribution is 5.94. The molecule has 1 rings (SSSR count). The first kappa shape index (κ1) is 19.0. The number of nitrogens with one attached hydrogen (secondary N) is 3. The van der Waals surface area contributed by atoms with E-state index in [9.17, 15) is 4.79 Å². The Morgan fingerprint density at radius 2 is 1.96 bits per heavy atom. The molecule has 0 aliphatic rings. The van der Waals surface area contributed by atoms with Gasteiger partial charge in [-0.15, -0.1) is 0 Å². The van der Waals surface area contributed by atoms with E-state index < -0.39 is 0 Å². The summed E-state index contributed by atoms with van der Waals surface area (Å²) in [5.74, 6) is 1.26. The molecule has 1 amide bonds. The van der Waals surface area contributed by atoms with E-state index in [1.54, 1.807) is 0 Å². The third kappa shape index (κ3) is 7.17. The second-order valence-corrected chi connectivity index (χ2v) is 6.06. The number of carbonyl (C=O) groups is 1. The summed E-state index contributed by atoms with van der Waals surface area (Å²) in [6, 6.07) is 7.92. The smallest absolute Gasteiger partial charge is 0.251 e. The van der Waals surface area contributed by atoms with Crippen LogP contribution in [-0.2, 0) is 0 Å². The third-order valence-corrected chi connectivity index (χ3v) is 3.66. The third-order valence-electron chi connectivity index (χ3n) is 3.66. The van der Waals surface area contributed by atoms with Crippen molar-refractivity contribution in [3.63, 3.8) is 0 Å². The molecule has 0 aliphatic heterocycles. The Kier molecular flexibility index (Phi) is 8.16. The number of carbonyl (C=O) groups excluding carboxylic acids is 1. The lowest BCUT2D eigenvalue weighted by molar-refractivity contribution is 0.0954. The van der Waals surface area contributed by atoms with Crippen LogP contribution < -0.4 is 16.0 Å². The molecule has 1 aromatic carbocycles. The Morgan fingerprint density at radius 3 is 2.57 bits per heavy atom. The summed E-state index contributed by atoms with van der Waals surface area (Å²) in [7, 11) is 0. The summed E-state index contributed by atoms with van der Waals surface area (Å²) in [5, 5.41) is 9.49. The number of hydrogen-bond acceptors (Lipinski definition) is 2. The lowest BCUT2D eigenvalue weighted by Crippen LogP contribution is -2.44. The lowest BCUT2D eigenvalue weighted by atomic mass is 10.1. The first-order valence-electron chi connectivity index (χ1n) is 8.33. The second-order valence-electron chi connectivity index (χ2n) is 6.06. The van der Waals surface area contributed by atoms with Gasteiger partial charge in [-0.05, 0) is 38.8 Å². The normalized spacial score (nSPS) is 12.9. The van der Waals surface area contributed by atoms with Crippen molar-refractivity contribution in [2.24, 2.45) is 10.9 Å². The SMILES string of the molecule is CCNC(=NCCNC(=O)c1cccc(C)c1)NC(C)C(C)C. The van der Waals surface area contributed by atoms with Crippen LogP contribution in [0.15, 0.2) is 29.3 Å². The van der Waals surface area contributed by atoms with Crippen molar-refractivity contribution >= 4 is 11.9 Å². The summed E-state index contributed by atoms with van der Waals surface area (Å²) >= 11 is 0. The van der Waals surface area contributed by atoms with Gasteiger partial charge in [0.1, 0.15) is 0 Å². The molecule has 0 spiro atoms. The lowest BCUT2D eigenvalue weighted by Gasteiger charge is -2.20. The molecule has 5 nitrogen and oxygen atoms in total. The van der Waals surface area contributed by atoms with E-state index in [2.05, 4.69) is 41.7 Å². The fourth-order valence-electron chi connectivity index (χ4n) is 1.93. The number of aliphatic imine (C=N–C) groups is 1. The number of hydrogen-bond donors (Lipinski definition) is 3. The molecule has 0 aliphatic carbocycles. The van der Waals surface area contributed by atoms with Gasteiger partial charge < -0.3 is 16.0 Å². The van der Waals surface area contributed by atoms with Gasteiger partial charge in [-0.3, -0.25) is 9.79 Å². The molecule has 0 heterocycles. The maximum atomic E-state index is 12.0. The quantitative estimate of drug-likeness (QED) is 0.411. The maximum Gasteiger partial charge on any atom is 0.251 e. The molecule has 128 valence electrons. The minimum Gasteiger partial charge on any atom is -0.357 e. The molecule has 0 radical (unpaired) electrons. The predicted molar refractivity (Wildman–Crippen MR) is 96.9 cm³/mol. The number of nitrogens with zero attached hydrogens (tertiary/aromatic N) is 1. The fraction of sp³-hybridized carbons (Fsp3) is 0.556. The van der Waals surface area contributed by atoms with Gasteiger partial charge in [-0.25, -0.2) is 0 Å². The van der Waals surface area contributed by atoms with Crippen LogP contribution in [0, 0.1) is 12.8 Å². The van der Waals surface area contributed by atoms with Crippen molar-refractivity contribution in [1.29, 1.82) is 0 Å². The second kappa shape index (κ2) is 9.87. The molecule has 5 heteroatoms. The molecular weight excluding hydrogens is 288 g/mol. The summed E-state index contributed by atoms with van der Waals surface area (Å²) in [6.07, 6.45) is 0. The van der Waals surface area contributed by atoms with Gasteiger partial charge in [0, 0.05) is 24.7 Å². The summed E-state index contributed by atoms with van der Waals surface area (Å²) < 4.78 is 0. The van der Waals surface area contributed by atoms with Crippen LogP contribution in [-0.4, -0.2) is 37.5 Å². The minimum absolute atomic E-state index is 0.0580. The Labute approximate surface area is 140 Å². The molecule has 3 N–H and O–H groups in total. The summed E-state index contributed by atoms with van der Waals surface area (Å²) in [6.45, 7) is 12.4. The zero-order valence-corrected chi connectivity index (χ0v) is 14.9. The van der Waals surface area contributed by atoms with Crippen molar-refractivity contribution in [3.8, 4) is 0 Å². The van der Waals surface area contributed by atoms with Crippen molar-refractivity contribution in [2.45, 2.75) is 40.7 Å². The highest BCUT2D eigenvalue weighted by Crippen LogP contribution is 2.03. The van der Waals surface area contributed by atoms with E-state index in [1.807, 2.05) is 38.1 Å². The average Bonchev–Trinajstić information content (AvgIpc) is 2.51. The molecular formula is C18H30N4O. The topological polar surface area (TPSA) is 65.5 Å². The monoisotopic (exact) mass is 318 g/mol. The highest BCUT2D eigenvalue weighted by Gasteiger charge is 2.09. The van der Waals surface area contributed by atoms with Crippen molar-refractivity contribution in [3.05, 3.63) is 35.4 Å². The number of guanidine groups is 1. The fourth-order valence-corrected chi connectivity index (χ4v) is 1.93. The van der Waals surface area contributed by atoms with Crippen LogP contribution in [0.4, 0.5) is 0 Å². The Balaban J connectivity index is 2.46. The van der Waals surface area contributed by atoms with E-state index in [0.29, 0.717) is 30.6 Å². The first-order chi connectivity index (χ1) is 10.9. The molecule has 1 atom stereocenters. The molecule has 1 aromatic rings. The molecule has 1 unspecified atom stereocenters. The highest BCUT2D eigenvalue weighted by atomic mass is 16.1. The molecule has 0 saturated heterocycles. The number of rotatable bonds is 7. The van der Waals surface area contributed by atoms with Crippen LogP contribution in [0.2, 0.25) is 0 Å². The van der Waals surface area contributed by atoms with Crippen LogP contribution in [0.3, 0.4) is 0 Å². The van der Waals surface area contributed by atoms with Crippen molar-refractivity contribution in [1.82, 2.24) is 16.0 Å². The Hall–Kier alpha value is -2.04. The van der Waals surface area contributed by atoms with Crippen molar-refractivity contribution < 1.29 is 4.79 Å². The maximum absolute atomic E-state index is 12.0. The molecule has 0 aromatic heterocycles. The number of amides is 1. The van der Waals surface area contributed by atoms with E-state index in [-0.39, 0.29) is 5.91 Å². The van der Waals surface area contributed by atoms with Crippen LogP contribution in [0.25, 0.3) is 0 Å². The first-order valence-corrected chi connectivity index (χ1v) is 8.33. The van der Waals surface area contributed by atoms with E-state index in [1.165, 1.54) is 0 Å². The van der Waals surface area contributed by atoms with Gasteiger partial charge in [0.25, 0.3) is 5.91 Å². The van der Waals surface area contributed by atoms with E-state index in [4.69, 9.17) is 0 Å². The minimum atomic E-state index is -0.0580. The summed E-state index contributed by atoms with van der Waals surface area (Å²) in [4.78, 5) is 16.5. The molecule has 23 heavy (non-hydrogen) atoms. The Morgan fingerprint density at radius 1 is 1.22 bits per heavy atom. The van der Waals surface area contributed by atoms with Gasteiger partial charge in [0.15, 0.2) is 5.96 Å². The van der Waals surface area contributed by atoms with Crippen LogP contribution in [0.1, 0.15) is 43.6 Å². The van der Waals surface area contributed by atoms with Gasteiger partial charge in [0.05, 0.1) is 6.54 Å². The largest absolute Gasteiger partial charge is 0.357 e. The zero-order chi connectivity index (χ0) is 17.2. The number of aryl methyl sites for hydroxylation is 1. The van der Waals surface area contributed by atoms with Gasteiger partial charge in [-0.1, -0.05) is 31.5 Å². The van der Waals surface area contributed by atoms with Crippen LogP contribution in [0.5, 0.6) is 0 Å². The average molecular weight is 318 g/mol. The predicted octanol–water partition coefficient (Wildman–Crippen LogP) is 2.32. The molecule has 0 saturated carbocycles. The summed E-state index contributed by atoms with van der Waals surface area (Å²) in [5.41, 5.74) is 1.77. The molecule has 0 bridgehead atoms. The van der Waals surface area contributed by atoms with Crippen LogP contribution >= 0.6 is 0 Å². The van der Waals surface area contributed by atoms with Gasteiger partial charge >= 0.3 is 0 Å². The Bertz CT molecular complexity index is 526. The van der Waals surface area contributed by atoms with Gasteiger partial charge in [-0.2, -0.15) is 0 Å². The molecule has 0 fully saturated rings.